The quantitative estimate of drug-likeness (QED) is 0.0354. The number of aliphatic hydroxyl groups is 1. The summed E-state index contributed by atoms with van der Waals surface area (Å²) in [7, 11) is 0. The normalized spacial score (nSPS) is 10.4. The van der Waals surface area contributed by atoms with Gasteiger partial charge in [-0.3, -0.25) is 19.9 Å². The van der Waals surface area contributed by atoms with Crippen molar-refractivity contribution in [3.8, 4) is 0 Å². The van der Waals surface area contributed by atoms with E-state index in [1.165, 1.54) is 60.8 Å². The fourth-order valence-electron chi connectivity index (χ4n) is 3.37. The zero-order chi connectivity index (χ0) is 51.6. The van der Waals surface area contributed by atoms with Crippen molar-refractivity contribution in [3.63, 3.8) is 0 Å². The maximum atomic E-state index is 13.3. The first kappa shape index (κ1) is 85.0. The summed E-state index contributed by atoms with van der Waals surface area (Å²) < 4.78 is 128. The third-order valence-electron chi connectivity index (χ3n) is 6.42. The monoisotopic (exact) mass is 1780 g/mol. The average molecular weight is 1790 g/mol. The molecule has 5 aromatic heterocycles. The van der Waals surface area contributed by atoms with Crippen molar-refractivity contribution in [1.29, 1.82) is 0 Å². The standard InChI is InChI=1S/C9H8BrF2NO2.C7H5BrF2IN.C7H6BrF2NO.C7H4BrFIN.C5H3Br2N.C4H5BrF2O2.B.Cu.K.Na.H2O.H/c1-2-15-8(14)9(11,12)7-4-3-6(10)5-13-7;8-5-1-2-6(12-3-5)7(9,10)4-11;8-5-1-2-6(11-3-5)7(9,10)4-12;8-5-1-2-7(11-4-5)6(9)3-10;6-4-1-2-5(7)8-3-4;1-2-9-3(8)4(5,6)7;;;;;;/h3-5H,2H2,1H3;1-3H,4H2;1-3,12H,4H2;1-4H;1-3H;2H2,1H3;;;;;1H2;/q;;;;;;;;2*+1;;-1/p-1/b;;;6-3-;;;;;;;;. The number of halogens is 18. The van der Waals surface area contributed by atoms with Crippen LogP contribution in [0.2, 0.25) is 0 Å². The number of alkyl halides is 10. The van der Waals surface area contributed by atoms with Gasteiger partial charge in [0.15, 0.2) is 5.83 Å². The number of hydrogen-bond acceptors (Lipinski definition) is 11. The third-order valence-corrected chi connectivity index (χ3v) is 11.1. The number of pyridine rings is 5. The van der Waals surface area contributed by atoms with Gasteiger partial charge in [0.1, 0.15) is 28.3 Å². The number of rotatable bonds is 10. The largest absolute Gasteiger partial charge is 1.00 e. The number of aromatic nitrogens is 5. The molecule has 0 atom stereocenters. The minimum atomic E-state index is -3.70. The van der Waals surface area contributed by atoms with E-state index in [0.717, 1.165) is 19.6 Å². The van der Waals surface area contributed by atoms with Crippen molar-refractivity contribution in [2.24, 2.45) is 0 Å². The zero-order valence-corrected chi connectivity index (χ0v) is 58.5. The van der Waals surface area contributed by atoms with Crippen LogP contribution in [-0.2, 0) is 53.9 Å². The van der Waals surface area contributed by atoms with Crippen molar-refractivity contribution in [2.45, 2.75) is 36.4 Å². The zero-order valence-electron chi connectivity index (χ0n) is 38.0. The van der Waals surface area contributed by atoms with Crippen molar-refractivity contribution < 1.29 is 169 Å². The Balaban J connectivity index is -0.000000142. The second-order valence-electron chi connectivity index (χ2n) is 11.4. The molecule has 0 amide bonds. The molecule has 0 saturated heterocycles. The number of esters is 2. The topological polar surface area (TPSA) is 167 Å². The minimum Gasteiger partial charge on any atom is -1.00 e. The van der Waals surface area contributed by atoms with E-state index in [4.69, 9.17) is 5.11 Å². The summed E-state index contributed by atoms with van der Waals surface area (Å²) in [4.78, 5) is 35.8. The van der Waals surface area contributed by atoms with E-state index in [1.807, 2.05) is 50.7 Å². The molecule has 0 unspecified atom stereocenters. The maximum Gasteiger partial charge on any atom is 1.00 e. The summed E-state index contributed by atoms with van der Waals surface area (Å²) in [6.45, 7) is 1.56. The molecule has 0 aliphatic heterocycles. The molecule has 5 rings (SSSR count). The Morgan fingerprint density at radius 3 is 1.25 bits per heavy atom. The molecule has 11 nitrogen and oxygen atoms in total. The molecular weight excluding hydrogens is 1760 g/mol. The summed E-state index contributed by atoms with van der Waals surface area (Å²) in [6.07, 6.45) is 7.13. The molecule has 33 heteroatoms. The van der Waals surface area contributed by atoms with Crippen LogP contribution in [0.25, 0.3) is 5.83 Å². The first-order valence-corrected chi connectivity index (χ1v) is 25.9. The Morgan fingerprint density at radius 2 is 0.986 bits per heavy atom. The summed E-state index contributed by atoms with van der Waals surface area (Å²) >= 11 is 24.2. The second kappa shape index (κ2) is 44.5. The van der Waals surface area contributed by atoms with Gasteiger partial charge in [0.2, 0.25) is 0 Å². The van der Waals surface area contributed by atoms with Crippen LogP contribution in [-0.4, -0.2) is 84.9 Å². The van der Waals surface area contributed by atoms with Crippen LogP contribution in [0.3, 0.4) is 0 Å². The molecule has 0 bridgehead atoms. The molecule has 0 aromatic carbocycles. The van der Waals surface area contributed by atoms with Crippen molar-refractivity contribution in [3.05, 3.63) is 145 Å². The van der Waals surface area contributed by atoms with Crippen LogP contribution in [0.5, 0.6) is 0 Å². The fraction of sp³-hybridized carbons (Fsp3) is 0.256. The molecule has 4 radical (unpaired) electrons. The molecule has 0 saturated carbocycles. The molecule has 0 spiro atoms. The molecule has 0 fully saturated rings. The van der Waals surface area contributed by atoms with E-state index in [9.17, 15) is 49.1 Å². The average Bonchev–Trinajstić information content (AvgIpc) is 3.29. The van der Waals surface area contributed by atoms with Gasteiger partial charge in [0.05, 0.1) is 23.3 Å². The van der Waals surface area contributed by atoms with Gasteiger partial charge in [-0.2, -0.15) is 35.1 Å². The first-order valence-electron chi connectivity index (χ1n) is 17.5. The van der Waals surface area contributed by atoms with Crippen molar-refractivity contribution in [1.82, 2.24) is 24.9 Å². The predicted octanol–water partition coefficient (Wildman–Crippen LogP) is 9.05. The summed E-state index contributed by atoms with van der Waals surface area (Å²) in [5.41, 5.74) is -0.861. The fourth-order valence-corrected chi connectivity index (χ4v) is 5.60. The van der Waals surface area contributed by atoms with Crippen molar-refractivity contribution >= 4 is 183 Å². The molecule has 5 heterocycles. The van der Waals surface area contributed by atoms with Crippen LogP contribution in [0.15, 0.2) is 123 Å². The van der Waals surface area contributed by atoms with Gasteiger partial charge < -0.3 is 21.5 Å². The number of aliphatic hydroxyl groups excluding tert-OH is 1. The molecule has 0 aliphatic carbocycles. The first-order chi connectivity index (χ1) is 31.1. The molecule has 0 aliphatic rings. The SMILES string of the molecule is Brc1ccc(Br)nc1.CCOC(=O)C(F)(F)Br.CCOC(=O)C(F)(F)c1ccc(Br)cn1.F/C(=C\I)c1ccc(Br)cn1.FC(F)(CI)c1ccc(Br)cn1.OCC(F)(F)c1ccc(Br)cn1.[B].[Cu].[H-].[K+].[Na+].[OH-]. The Hall–Kier alpha value is 1.76. The number of ether oxygens (including phenoxy) is 2. The summed E-state index contributed by atoms with van der Waals surface area (Å²) in [5, 5.41) is 8.32. The van der Waals surface area contributed by atoms with Crippen LogP contribution in [0.1, 0.15) is 38.0 Å². The van der Waals surface area contributed by atoms with E-state index < -0.39 is 52.5 Å². The molecular formula is C39H33BBr7CuF9I2KN5NaO6. The van der Waals surface area contributed by atoms with Crippen molar-refractivity contribution in [2.75, 3.05) is 24.2 Å². The van der Waals surface area contributed by atoms with Gasteiger partial charge in [0.25, 0.3) is 5.92 Å². The molecule has 72 heavy (non-hydrogen) atoms. The van der Waals surface area contributed by atoms with Crippen LogP contribution in [0.4, 0.5) is 39.5 Å². The van der Waals surface area contributed by atoms with Gasteiger partial charge in [-0.25, -0.2) is 19.0 Å². The molecule has 2 N–H and O–H groups in total. The van der Waals surface area contributed by atoms with Crippen LogP contribution in [0, 0.1) is 0 Å². The van der Waals surface area contributed by atoms with E-state index in [2.05, 4.69) is 130 Å². The second-order valence-corrected chi connectivity index (χ2v) is 19.2. The smallest absolute Gasteiger partial charge is 1.00 e. The predicted molar refractivity (Wildman–Crippen MR) is 284 cm³/mol. The number of hydrogen-bond donors (Lipinski definition) is 1. The Bertz CT molecular complexity index is 2210. The minimum absolute atomic E-state index is 0. The third kappa shape index (κ3) is 36.1. The summed E-state index contributed by atoms with van der Waals surface area (Å²) in [5.74, 6) is -13.2. The van der Waals surface area contributed by atoms with Gasteiger partial charge >= 0.3 is 110 Å². The summed E-state index contributed by atoms with van der Waals surface area (Å²) in [6, 6.07) is 15.1. The Labute approximate surface area is 573 Å². The Morgan fingerprint density at radius 1 is 0.639 bits per heavy atom. The number of carbonyl (C=O) groups is 2. The van der Waals surface area contributed by atoms with Gasteiger partial charge in [0, 0.05) is 98.8 Å². The van der Waals surface area contributed by atoms with E-state index in [0.29, 0.717) is 19.1 Å². The molecule has 5 aromatic rings. The van der Waals surface area contributed by atoms with Gasteiger partial charge in [-0.1, -0.05) is 22.6 Å². The van der Waals surface area contributed by atoms with E-state index in [1.54, 1.807) is 53.2 Å². The van der Waals surface area contributed by atoms with Crippen LogP contribution >= 0.6 is 157 Å². The van der Waals surface area contributed by atoms with Gasteiger partial charge in [-0.05, 0) is 193 Å². The maximum absolute atomic E-state index is 13.3. The van der Waals surface area contributed by atoms with E-state index >= 15 is 0 Å². The number of nitrogens with zero attached hydrogens (tertiary/aromatic N) is 5. The Kier molecular flexibility index (Phi) is 52.6. The van der Waals surface area contributed by atoms with Crippen LogP contribution < -0.4 is 80.9 Å². The molecule has 392 valence electrons. The van der Waals surface area contributed by atoms with E-state index in [-0.39, 0.29) is 142 Å². The number of carbonyl (C=O) groups excluding carboxylic acids is 2. The van der Waals surface area contributed by atoms with Gasteiger partial charge in [-0.15, -0.1) is 0 Å².